The fourth-order valence-electron chi connectivity index (χ4n) is 4.76. The Labute approximate surface area is 177 Å². The molecule has 1 saturated heterocycles. The van der Waals surface area contributed by atoms with E-state index in [1.165, 1.54) is 35.2 Å². The molecule has 0 aliphatic carbocycles. The molecule has 3 nitrogen and oxygen atoms in total. The highest BCUT2D eigenvalue weighted by atomic mass is 35.5. The van der Waals surface area contributed by atoms with Gasteiger partial charge in [-0.15, -0.1) is 0 Å². The molecule has 3 heterocycles. The fraction of sp³-hybridized carbons (Fsp3) is 0.360. The summed E-state index contributed by atoms with van der Waals surface area (Å²) in [6, 6.07) is 19.0. The molecule has 0 radical (unpaired) electrons. The smallest absolute Gasteiger partial charge is 0.129 e. The number of benzene rings is 2. The molecule has 5 rings (SSSR count). The van der Waals surface area contributed by atoms with Crippen molar-refractivity contribution in [3.05, 3.63) is 88.2 Å². The van der Waals surface area contributed by atoms with Crippen LogP contribution >= 0.6 is 11.6 Å². The van der Waals surface area contributed by atoms with E-state index in [-0.39, 0.29) is 0 Å². The van der Waals surface area contributed by atoms with E-state index in [2.05, 4.69) is 58.1 Å². The molecule has 150 valence electrons. The van der Waals surface area contributed by atoms with Crippen molar-refractivity contribution in [2.75, 3.05) is 19.6 Å². The summed E-state index contributed by atoms with van der Waals surface area (Å²) in [5, 5.41) is 0.833. The third-order valence-electron chi connectivity index (χ3n) is 6.42. The fourth-order valence-corrected chi connectivity index (χ4v) is 4.97. The number of para-hydroxylation sites is 1. The van der Waals surface area contributed by atoms with Gasteiger partial charge in [0.15, 0.2) is 0 Å². The lowest BCUT2D eigenvalue weighted by atomic mass is 9.89. The maximum atomic E-state index is 6.14. The van der Waals surface area contributed by atoms with Crippen molar-refractivity contribution in [2.24, 2.45) is 0 Å². The standard InChI is InChI=1S/C25H27ClN2O/c26-22-6-3-4-19(16-22)8-12-27-13-9-20(10-14-27)23-11-15-28-17-21-5-1-2-7-25(21)29-18-24(23)28/h1-7,11,15-16,20H,8-10,12-14,17-18H2. The molecule has 29 heavy (non-hydrogen) atoms. The van der Waals surface area contributed by atoms with Gasteiger partial charge < -0.3 is 14.2 Å². The van der Waals surface area contributed by atoms with Gasteiger partial charge in [-0.05, 0) is 73.7 Å². The van der Waals surface area contributed by atoms with E-state index in [4.69, 9.17) is 16.3 Å². The second-order valence-electron chi connectivity index (χ2n) is 8.24. The Kier molecular flexibility index (Phi) is 5.34. The average Bonchev–Trinajstić information content (AvgIpc) is 3.05. The highest BCUT2D eigenvalue weighted by Crippen LogP contribution is 2.34. The summed E-state index contributed by atoms with van der Waals surface area (Å²) in [6.07, 6.45) is 5.76. The summed E-state index contributed by atoms with van der Waals surface area (Å²) < 4.78 is 8.52. The van der Waals surface area contributed by atoms with Crippen molar-refractivity contribution in [3.63, 3.8) is 0 Å². The lowest BCUT2D eigenvalue weighted by Gasteiger charge is -2.32. The van der Waals surface area contributed by atoms with E-state index < -0.39 is 0 Å². The summed E-state index contributed by atoms with van der Waals surface area (Å²) in [5.74, 6) is 1.66. The number of piperidine rings is 1. The molecular formula is C25H27ClN2O. The molecule has 1 fully saturated rings. The molecule has 0 bridgehead atoms. The van der Waals surface area contributed by atoms with Gasteiger partial charge >= 0.3 is 0 Å². The van der Waals surface area contributed by atoms with Crippen LogP contribution in [0.15, 0.2) is 60.8 Å². The SMILES string of the molecule is Clc1cccc(CCN2CCC(c3ccn4c3COc3ccccc3C4)CC2)c1. The first kappa shape index (κ1) is 18.8. The Morgan fingerprint density at radius 1 is 1.00 bits per heavy atom. The summed E-state index contributed by atoms with van der Waals surface area (Å²) in [6.45, 7) is 5.02. The van der Waals surface area contributed by atoms with Crippen LogP contribution in [0.5, 0.6) is 5.75 Å². The molecule has 0 amide bonds. The highest BCUT2D eigenvalue weighted by molar-refractivity contribution is 6.30. The van der Waals surface area contributed by atoms with Crippen LogP contribution in [-0.4, -0.2) is 29.1 Å². The van der Waals surface area contributed by atoms with E-state index in [1.807, 2.05) is 12.1 Å². The maximum Gasteiger partial charge on any atom is 0.129 e. The minimum atomic E-state index is 0.637. The van der Waals surface area contributed by atoms with Crippen LogP contribution in [0.3, 0.4) is 0 Å². The van der Waals surface area contributed by atoms with Crippen LogP contribution in [-0.2, 0) is 19.6 Å². The number of fused-ring (bicyclic) bond motifs is 2. The van der Waals surface area contributed by atoms with Crippen LogP contribution < -0.4 is 4.74 Å². The molecule has 0 spiro atoms. The van der Waals surface area contributed by atoms with Gasteiger partial charge in [0.1, 0.15) is 12.4 Å². The predicted octanol–water partition coefficient (Wildman–Crippen LogP) is 5.50. The zero-order chi connectivity index (χ0) is 19.6. The zero-order valence-corrected chi connectivity index (χ0v) is 17.4. The van der Waals surface area contributed by atoms with Gasteiger partial charge in [-0.25, -0.2) is 0 Å². The first-order chi connectivity index (χ1) is 14.3. The van der Waals surface area contributed by atoms with E-state index >= 15 is 0 Å². The monoisotopic (exact) mass is 406 g/mol. The van der Waals surface area contributed by atoms with Crippen molar-refractivity contribution in [1.82, 2.24) is 9.47 Å². The molecule has 2 aliphatic rings. The van der Waals surface area contributed by atoms with Gasteiger partial charge in [0.05, 0.1) is 12.2 Å². The molecule has 0 atom stereocenters. The van der Waals surface area contributed by atoms with Crippen molar-refractivity contribution in [1.29, 1.82) is 0 Å². The molecule has 1 aromatic heterocycles. The molecule has 0 saturated carbocycles. The number of halogens is 1. The Morgan fingerprint density at radius 3 is 2.72 bits per heavy atom. The summed E-state index contributed by atoms with van der Waals surface area (Å²) in [4.78, 5) is 2.60. The lowest BCUT2D eigenvalue weighted by Crippen LogP contribution is -2.34. The molecule has 2 aromatic carbocycles. The molecule has 2 aliphatic heterocycles. The Morgan fingerprint density at radius 2 is 1.86 bits per heavy atom. The predicted molar refractivity (Wildman–Crippen MR) is 118 cm³/mol. The maximum absolute atomic E-state index is 6.14. The van der Waals surface area contributed by atoms with Crippen molar-refractivity contribution >= 4 is 11.6 Å². The van der Waals surface area contributed by atoms with Crippen molar-refractivity contribution < 1.29 is 4.74 Å². The number of aromatic nitrogens is 1. The number of rotatable bonds is 4. The third kappa shape index (κ3) is 4.08. The van der Waals surface area contributed by atoms with Gasteiger partial charge in [0.2, 0.25) is 0 Å². The first-order valence-electron chi connectivity index (χ1n) is 10.6. The number of hydrogen-bond acceptors (Lipinski definition) is 2. The van der Waals surface area contributed by atoms with E-state index in [1.54, 1.807) is 0 Å². The third-order valence-corrected chi connectivity index (χ3v) is 6.66. The topological polar surface area (TPSA) is 17.4 Å². The zero-order valence-electron chi connectivity index (χ0n) is 16.7. The minimum Gasteiger partial charge on any atom is -0.487 e. The first-order valence-corrected chi connectivity index (χ1v) is 11.0. The van der Waals surface area contributed by atoms with Crippen LogP contribution in [0.2, 0.25) is 5.02 Å². The minimum absolute atomic E-state index is 0.637. The van der Waals surface area contributed by atoms with Gasteiger partial charge in [0.25, 0.3) is 0 Å². The van der Waals surface area contributed by atoms with Crippen LogP contribution in [0.4, 0.5) is 0 Å². The quantitative estimate of drug-likeness (QED) is 0.568. The van der Waals surface area contributed by atoms with Crippen LogP contribution in [0, 0.1) is 0 Å². The Balaban J connectivity index is 1.21. The Hall–Kier alpha value is -2.23. The van der Waals surface area contributed by atoms with Gasteiger partial charge in [-0.1, -0.05) is 41.9 Å². The molecule has 0 N–H and O–H groups in total. The van der Waals surface area contributed by atoms with Gasteiger partial charge in [-0.3, -0.25) is 0 Å². The van der Waals surface area contributed by atoms with E-state index in [0.29, 0.717) is 12.5 Å². The molecule has 3 aromatic rings. The molecule has 4 heteroatoms. The average molecular weight is 407 g/mol. The second kappa shape index (κ2) is 8.25. The normalized spacial score (nSPS) is 17.3. The summed E-state index contributed by atoms with van der Waals surface area (Å²) >= 11 is 6.12. The second-order valence-corrected chi connectivity index (χ2v) is 8.67. The summed E-state index contributed by atoms with van der Waals surface area (Å²) in [5.41, 5.74) is 5.45. The van der Waals surface area contributed by atoms with Crippen molar-refractivity contribution in [2.45, 2.75) is 38.3 Å². The molecular weight excluding hydrogens is 380 g/mol. The van der Waals surface area contributed by atoms with Crippen LogP contribution in [0.1, 0.15) is 41.1 Å². The van der Waals surface area contributed by atoms with E-state index in [0.717, 1.165) is 43.4 Å². The number of nitrogens with zero attached hydrogens (tertiary/aromatic N) is 2. The van der Waals surface area contributed by atoms with Gasteiger partial charge in [0, 0.05) is 23.3 Å². The highest BCUT2D eigenvalue weighted by Gasteiger charge is 2.25. The number of hydrogen-bond donors (Lipinski definition) is 0. The van der Waals surface area contributed by atoms with Crippen molar-refractivity contribution in [3.8, 4) is 5.75 Å². The van der Waals surface area contributed by atoms with Gasteiger partial charge in [-0.2, -0.15) is 0 Å². The molecule has 0 unspecified atom stereocenters. The summed E-state index contributed by atoms with van der Waals surface area (Å²) in [7, 11) is 0. The lowest BCUT2D eigenvalue weighted by molar-refractivity contribution is 0.213. The van der Waals surface area contributed by atoms with Crippen LogP contribution in [0.25, 0.3) is 0 Å². The largest absolute Gasteiger partial charge is 0.487 e. The number of ether oxygens (including phenoxy) is 1. The number of likely N-dealkylation sites (tertiary alicyclic amines) is 1. The Bertz CT molecular complexity index is 988. The van der Waals surface area contributed by atoms with E-state index in [9.17, 15) is 0 Å².